The molecule has 0 fully saturated rings. The van der Waals surface area contributed by atoms with E-state index in [-0.39, 0.29) is 5.82 Å². The third-order valence-corrected chi connectivity index (χ3v) is 1.82. The molecule has 0 saturated heterocycles. The summed E-state index contributed by atoms with van der Waals surface area (Å²) in [4.78, 5) is 3.80. The molecule has 0 saturated carbocycles. The van der Waals surface area contributed by atoms with Crippen LogP contribution < -0.4 is 0 Å². The zero-order valence-corrected chi connectivity index (χ0v) is 7.38. The molecule has 0 aliphatic rings. The van der Waals surface area contributed by atoms with E-state index in [0.717, 1.165) is 12.0 Å². The Morgan fingerprint density at radius 1 is 1.57 bits per heavy atom. The van der Waals surface area contributed by atoms with Crippen molar-refractivity contribution in [3.05, 3.63) is 30.1 Å². The fraction of sp³-hybridized carbons (Fsp3) is 0.250. The van der Waals surface area contributed by atoms with Crippen LogP contribution in [0.5, 0.6) is 0 Å². The minimum Gasteiger partial charge on any atom is -0.285 e. The zero-order valence-electron chi connectivity index (χ0n) is 7.38. The van der Waals surface area contributed by atoms with Crippen LogP contribution in [0.1, 0.15) is 11.4 Å². The van der Waals surface area contributed by atoms with E-state index in [1.54, 1.807) is 17.2 Å². The number of hydrogen-bond acceptors (Lipinski definition) is 4. The Morgan fingerprint density at radius 2 is 2.50 bits per heavy atom. The molecule has 6 nitrogen and oxygen atoms in total. The minimum atomic E-state index is 0.206. The lowest BCUT2D eigenvalue weighted by molar-refractivity contribution is 0.611. The quantitative estimate of drug-likeness (QED) is 0.741. The predicted molar refractivity (Wildman–Crippen MR) is 47.0 cm³/mol. The number of aromatic nitrogens is 5. The van der Waals surface area contributed by atoms with Gasteiger partial charge in [0.2, 0.25) is 0 Å². The maximum Gasteiger partial charge on any atom is 0.252 e. The number of nitrogens with zero attached hydrogens (tertiary/aromatic N) is 5. The highest BCUT2D eigenvalue weighted by Gasteiger charge is 1.99. The van der Waals surface area contributed by atoms with E-state index >= 15 is 0 Å². The summed E-state index contributed by atoms with van der Waals surface area (Å²) in [6, 6.07) is 1.88. The van der Waals surface area contributed by atoms with E-state index in [0.29, 0.717) is 6.54 Å². The summed E-state index contributed by atoms with van der Waals surface area (Å²) in [6.07, 6.45) is 5.98. The molecule has 6 heteroatoms. The first kappa shape index (κ1) is 8.44. The maximum absolute atomic E-state index is 8.50. The maximum atomic E-state index is 8.50. The van der Waals surface area contributed by atoms with Crippen LogP contribution in [0.2, 0.25) is 0 Å². The first-order valence-corrected chi connectivity index (χ1v) is 4.15. The van der Waals surface area contributed by atoms with Crippen molar-refractivity contribution in [2.45, 2.75) is 13.0 Å². The number of H-pyrrole nitrogens is 1. The Balaban J connectivity index is 1.96. The molecular weight excluding hydrogens is 180 g/mol. The minimum absolute atomic E-state index is 0.206. The smallest absolute Gasteiger partial charge is 0.252 e. The molecule has 2 aromatic rings. The number of aromatic amines is 1. The van der Waals surface area contributed by atoms with Crippen LogP contribution in [0.15, 0.2) is 18.7 Å². The molecule has 2 aromatic heterocycles. The van der Waals surface area contributed by atoms with Gasteiger partial charge in [0.05, 0.1) is 6.20 Å². The lowest BCUT2D eigenvalue weighted by Crippen LogP contribution is -2.01. The van der Waals surface area contributed by atoms with Crippen molar-refractivity contribution in [2.24, 2.45) is 0 Å². The first-order chi connectivity index (χ1) is 6.88. The van der Waals surface area contributed by atoms with E-state index in [1.807, 2.05) is 12.3 Å². The highest BCUT2D eigenvalue weighted by atomic mass is 15.3. The second-order valence-electron chi connectivity index (χ2n) is 2.80. The molecule has 0 aromatic carbocycles. The summed E-state index contributed by atoms with van der Waals surface area (Å²) >= 11 is 0. The van der Waals surface area contributed by atoms with Gasteiger partial charge < -0.3 is 0 Å². The van der Waals surface area contributed by atoms with Gasteiger partial charge in [-0.1, -0.05) is 0 Å². The first-order valence-electron chi connectivity index (χ1n) is 4.15. The van der Waals surface area contributed by atoms with Gasteiger partial charge >= 0.3 is 0 Å². The van der Waals surface area contributed by atoms with Gasteiger partial charge in [0.1, 0.15) is 12.4 Å². The number of nitriles is 1. The third-order valence-electron chi connectivity index (χ3n) is 1.82. The highest BCUT2D eigenvalue weighted by Crippen LogP contribution is 1.97. The van der Waals surface area contributed by atoms with E-state index in [9.17, 15) is 0 Å². The van der Waals surface area contributed by atoms with Crippen LogP contribution in [-0.4, -0.2) is 25.0 Å². The molecule has 14 heavy (non-hydrogen) atoms. The molecule has 2 heterocycles. The van der Waals surface area contributed by atoms with E-state index in [1.165, 1.54) is 0 Å². The van der Waals surface area contributed by atoms with E-state index in [2.05, 4.69) is 20.3 Å². The topological polar surface area (TPSA) is 83.2 Å². The molecule has 0 spiro atoms. The lowest BCUT2D eigenvalue weighted by Gasteiger charge is -1.96. The van der Waals surface area contributed by atoms with Crippen LogP contribution in [0, 0.1) is 11.3 Å². The number of nitrogens with one attached hydrogen (secondary N) is 1. The fourth-order valence-corrected chi connectivity index (χ4v) is 1.11. The Hall–Kier alpha value is -2.16. The van der Waals surface area contributed by atoms with Gasteiger partial charge in [0, 0.05) is 12.7 Å². The summed E-state index contributed by atoms with van der Waals surface area (Å²) in [5.74, 6) is 0.206. The highest BCUT2D eigenvalue weighted by molar-refractivity contribution is 5.06. The van der Waals surface area contributed by atoms with Gasteiger partial charge in [-0.15, -0.1) is 5.10 Å². The normalized spacial score (nSPS) is 9.93. The molecule has 0 unspecified atom stereocenters. The van der Waals surface area contributed by atoms with Crippen LogP contribution in [0.3, 0.4) is 0 Å². The number of rotatable bonds is 3. The Labute approximate surface area is 80.2 Å². The van der Waals surface area contributed by atoms with Crippen molar-refractivity contribution in [2.75, 3.05) is 0 Å². The van der Waals surface area contributed by atoms with Crippen molar-refractivity contribution in [3.63, 3.8) is 0 Å². The summed E-state index contributed by atoms with van der Waals surface area (Å²) in [7, 11) is 0. The molecule has 0 radical (unpaired) electrons. The number of hydrogen-bond donors (Lipinski definition) is 1. The standard InChI is InChI=1S/C8H8N6/c9-3-8-10-6-14(13-8)2-1-7-4-11-12-5-7/h4-6H,1-2H2,(H,11,12). The van der Waals surface area contributed by atoms with Gasteiger partial charge in [-0.2, -0.15) is 10.4 Å². The van der Waals surface area contributed by atoms with Gasteiger partial charge in [0.25, 0.3) is 5.82 Å². The summed E-state index contributed by atoms with van der Waals surface area (Å²) in [5.41, 5.74) is 1.11. The predicted octanol–water partition coefficient (Wildman–Crippen LogP) is 0.116. The van der Waals surface area contributed by atoms with Crippen LogP contribution in [0.4, 0.5) is 0 Å². The van der Waals surface area contributed by atoms with Gasteiger partial charge in [-0.05, 0) is 12.0 Å². The Bertz CT molecular complexity index is 435. The summed E-state index contributed by atoms with van der Waals surface area (Å²) in [6.45, 7) is 0.703. The van der Waals surface area contributed by atoms with Crippen LogP contribution in [0.25, 0.3) is 0 Å². The van der Waals surface area contributed by atoms with Crippen molar-refractivity contribution in [3.8, 4) is 6.07 Å². The van der Waals surface area contributed by atoms with Crippen molar-refractivity contribution in [1.82, 2.24) is 25.0 Å². The van der Waals surface area contributed by atoms with E-state index < -0.39 is 0 Å². The van der Waals surface area contributed by atoms with Crippen LogP contribution >= 0.6 is 0 Å². The SMILES string of the molecule is N#Cc1ncn(CCc2cn[nH]c2)n1. The molecule has 0 atom stereocenters. The summed E-state index contributed by atoms with van der Waals surface area (Å²) in [5, 5.41) is 19.0. The average molecular weight is 188 g/mol. The second-order valence-corrected chi connectivity index (χ2v) is 2.80. The van der Waals surface area contributed by atoms with Crippen molar-refractivity contribution in [1.29, 1.82) is 5.26 Å². The van der Waals surface area contributed by atoms with Crippen molar-refractivity contribution >= 4 is 0 Å². The molecule has 2 rings (SSSR count). The Kier molecular flexibility index (Phi) is 2.23. The molecule has 0 aliphatic carbocycles. The molecule has 0 amide bonds. The molecule has 0 aliphatic heterocycles. The molecular formula is C8H8N6. The number of aryl methyl sites for hydroxylation is 2. The van der Waals surface area contributed by atoms with Crippen molar-refractivity contribution < 1.29 is 0 Å². The monoisotopic (exact) mass is 188 g/mol. The van der Waals surface area contributed by atoms with Crippen LogP contribution in [-0.2, 0) is 13.0 Å². The zero-order chi connectivity index (χ0) is 9.80. The van der Waals surface area contributed by atoms with Gasteiger partial charge in [0.15, 0.2) is 0 Å². The van der Waals surface area contributed by atoms with Gasteiger partial charge in [-0.3, -0.25) is 9.78 Å². The molecule has 70 valence electrons. The fourth-order valence-electron chi connectivity index (χ4n) is 1.11. The summed E-state index contributed by atoms with van der Waals surface area (Å²) < 4.78 is 1.64. The average Bonchev–Trinajstić information content (AvgIpc) is 2.86. The van der Waals surface area contributed by atoms with E-state index in [4.69, 9.17) is 5.26 Å². The molecule has 0 bridgehead atoms. The van der Waals surface area contributed by atoms with Gasteiger partial charge in [-0.25, -0.2) is 4.98 Å². The third kappa shape index (κ3) is 1.77. The second kappa shape index (κ2) is 3.70. The Morgan fingerprint density at radius 3 is 3.14 bits per heavy atom. The lowest BCUT2D eigenvalue weighted by atomic mass is 10.3. The largest absolute Gasteiger partial charge is 0.285 e. The molecule has 1 N–H and O–H groups in total.